The van der Waals surface area contributed by atoms with E-state index in [-0.39, 0.29) is 24.6 Å². The van der Waals surface area contributed by atoms with Crippen molar-refractivity contribution in [1.29, 1.82) is 0 Å². The third-order valence-corrected chi connectivity index (χ3v) is 1.89. The maximum Gasteiger partial charge on any atom is 0.203 e. The Labute approximate surface area is 88.8 Å². The van der Waals surface area contributed by atoms with Crippen molar-refractivity contribution in [2.45, 2.75) is 6.92 Å². The molecule has 1 aromatic carbocycles. The fraction of sp³-hybridized carbons (Fsp3) is 0.100. The van der Waals surface area contributed by atoms with Crippen LogP contribution in [-0.2, 0) is 0 Å². The van der Waals surface area contributed by atoms with Crippen LogP contribution in [-0.4, -0.2) is 18.9 Å². The van der Waals surface area contributed by atoms with E-state index < -0.39 is 0 Å². The predicted octanol–water partition coefficient (Wildman–Crippen LogP) is 0.655. The van der Waals surface area contributed by atoms with Gasteiger partial charge in [-0.15, -0.1) is 0 Å². The number of benzene rings is 1. The molecular formula is C10H9LiNO-. The van der Waals surface area contributed by atoms with Crippen molar-refractivity contribution < 1.29 is 10.1 Å². The van der Waals surface area contributed by atoms with Gasteiger partial charge in [0, 0.05) is 18.4 Å². The number of hydrogen-bond donors (Lipinski definition) is 0. The molecule has 0 aliphatic carbocycles. The summed E-state index contributed by atoms with van der Waals surface area (Å²) in [5.41, 5.74) is 1.70. The van der Waals surface area contributed by atoms with E-state index in [1.165, 1.54) is 0 Å². The van der Waals surface area contributed by atoms with Gasteiger partial charge in [0.2, 0.25) is 5.52 Å². The maximum atomic E-state index is 11.3. The number of nitrogens with one attached hydrogen (secondary N) is 1. The smallest absolute Gasteiger partial charge is 0.203 e. The summed E-state index contributed by atoms with van der Waals surface area (Å²) < 4.78 is 0. The molecule has 0 atom stereocenters. The first kappa shape index (κ1) is 10.1. The molecule has 1 heterocycles. The quantitative estimate of drug-likeness (QED) is 0.529. The fourth-order valence-corrected chi connectivity index (χ4v) is 1.27. The summed E-state index contributed by atoms with van der Waals surface area (Å²) in [6, 6.07) is 9.17. The third kappa shape index (κ3) is 1.85. The number of aromatic amines is 1. The van der Waals surface area contributed by atoms with Crippen LogP contribution in [0.25, 0.3) is 10.9 Å². The van der Waals surface area contributed by atoms with Crippen LogP contribution in [0.5, 0.6) is 5.75 Å². The van der Waals surface area contributed by atoms with Gasteiger partial charge in [0.1, 0.15) is 0 Å². The van der Waals surface area contributed by atoms with Crippen molar-refractivity contribution in [3.63, 3.8) is 0 Å². The molecule has 0 saturated heterocycles. The van der Waals surface area contributed by atoms with Gasteiger partial charge in [-0.2, -0.15) is 0 Å². The minimum absolute atomic E-state index is 0. The Hall–Kier alpha value is -0.973. The summed E-state index contributed by atoms with van der Waals surface area (Å²) in [6.45, 7) is 1.94. The summed E-state index contributed by atoms with van der Waals surface area (Å²) in [4.78, 5) is 3.05. The molecule has 2 nitrogen and oxygen atoms in total. The molecule has 13 heavy (non-hydrogen) atoms. The molecule has 2 rings (SSSR count). The van der Waals surface area contributed by atoms with Crippen LogP contribution in [0.3, 0.4) is 0 Å². The number of pyridine rings is 1. The summed E-state index contributed by atoms with van der Waals surface area (Å²) in [6.07, 6.45) is 0. The van der Waals surface area contributed by atoms with Crippen LogP contribution in [0, 0.1) is 6.92 Å². The Morgan fingerprint density at radius 3 is 2.69 bits per heavy atom. The first-order chi connectivity index (χ1) is 5.77. The van der Waals surface area contributed by atoms with Gasteiger partial charge in [0.05, 0.1) is 0 Å². The van der Waals surface area contributed by atoms with E-state index in [2.05, 4.69) is 4.98 Å². The number of hydrogen-bond acceptors (Lipinski definition) is 1. The molecule has 1 aromatic heterocycles. The summed E-state index contributed by atoms with van der Waals surface area (Å²) in [5, 5.41) is 12.3. The number of aromatic nitrogens is 1. The predicted molar refractivity (Wildman–Crippen MR) is 50.4 cm³/mol. The largest absolute Gasteiger partial charge is 1.00 e. The molecule has 0 aliphatic heterocycles. The van der Waals surface area contributed by atoms with Crippen molar-refractivity contribution in [2.24, 2.45) is 0 Å². The number of fused-ring (bicyclic) bond motifs is 1. The van der Waals surface area contributed by atoms with E-state index >= 15 is 0 Å². The number of aryl methyl sites for hydroxylation is 1. The molecular weight excluding hydrogens is 157 g/mol. The average Bonchev–Trinajstić information content (AvgIpc) is 2.07. The monoisotopic (exact) mass is 166 g/mol. The van der Waals surface area contributed by atoms with Crippen molar-refractivity contribution >= 4 is 29.8 Å². The van der Waals surface area contributed by atoms with Gasteiger partial charge in [0.25, 0.3) is 0 Å². The van der Waals surface area contributed by atoms with Gasteiger partial charge in [-0.25, -0.2) is 4.98 Å². The molecule has 2 radical (unpaired) electrons. The Bertz CT molecular complexity index is 428. The Morgan fingerprint density at radius 2 is 1.92 bits per heavy atom. The summed E-state index contributed by atoms with van der Waals surface area (Å²) in [5.74, 6) is 0.0520. The second kappa shape index (κ2) is 3.82. The van der Waals surface area contributed by atoms with E-state index in [0.29, 0.717) is 5.52 Å². The van der Waals surface area contributed by atoms with E-state index in [4.69, 9.17) is 0 Å². The molecule has 0 amide bonds. The second-order valence-electron chi connectivity index (χ2n) is 2.86. The first-order valence-electron chi connectivity index (χ1n) is 3.86. The minimum Gasteiger partial charge on any atom is -1.00 e. The maximum absolute atomic E-state index is 11.3. The van der Waals surface area contributed by atoms with Gasteiger partial charge in [-0.3, -0.25) is 0 Å². The normalized spacial score (nSPS) is 9.62. The van der Waals surface area contributed by atoms with E-state index in [9.17, 15) is 5.11 Å². The van der Waals surface area contributed by atoms with Crippen LogP contribution in [0.15, 0.2) is 30.3 Å². The zero-order valence-electron chi connectivity index (χ0n) is 7.79. The van der Waals surface area contributed by atoms with Crippen molar-refractivity contribution in [3.05, 3.63) is 36.0 Å². The van der Waals surface area contributed by atoms with Gasteiger partial charge in [-0.1, -0.05) is 12.1 Å². The number of para-hydroxylation sites is 1. The van der Waals surface area contributed by atoms with E-state index in [1.807, 2.05) is 25.1 Å². The Kier molecular flexibility index (Phi) is 2.97. The van der Waals surface area contributed by atoms with Gasteiger partial charge >= 0.3 is 0 Å². The van der Waals surface area contributed by atoms with Crippen molar-refractivity contribution in [1.82, 2.24) is 0 Å². The molecule has 0 saturated carbocycles. The zero-order valence-corrected chi connectivity index (χ0v) is 7.79. The van der Waals surface area contributed by atoms with E-state index in [0.717, 1.165) is 11.1 Å². The van der Waals surface area contributed by atoms with Gasteiger partial charge in [-0.05, 0) is 17.9 Å². The molecule has 2 aromatic rings. The zero-order chi connectivity index (χ0) is 8.55. The van der Waals surface area contributed by atoms with Crippen LogP contribution in [0.1, 0.15) is 5.69 Å². The molecule has 62 valence electrons. The van der Waals surface area contributed by atoms with Gasteiger partial charge in [0.15, 0.2) is 5.69 Å². The van der Waals surface area contributed by atoms with Crippen molar-refractivity contribution in [2.75, 3.05) is 0 Å². The number of H-pyrrole nitrogens is 1. The van der Waals surface area contributed by atoms with Crippen LogP contribution >= 0.6 is 0 Å². The second-order valence-corrected chi connectivity index (χ2v) is 2.86. The summed E-state index contributed by atoms with van der Waals surface area (Å²) >= 11 is 0. The average molecular weight is 166 g/mol. The summed E-state index contributed by atoms with van der Waals surface area (Å²) in [7, 11) is 0. The molecule has 0 fully saturated rings. The topological polar surface area (TPSA) is 37.2 Å². The molecule has 0 spiro atoms. The minimum atomic E-state index is 0. The first-order valence-corrected chi connectivity index (χ1v) is 3.86. The molecule has 0 bridgehead atoms. The molecule has 0 unspecified atom stereocenters. The standard InChI is InChI=1S/C10H9NO.Li/c1-7-5-6-8-3-2-4-9(12)10(8)11-7;/h2-6,12H,1H3;/q;-1. The van der Waals surface area contributed by atoms with Crippen LogP contribution < -0.4 is 10.1 Å². The number of rotatable bonds is 0. The third-order valence-electron chi connectivity index (χ3n) is 1.89. The van der Waals surface area contributed by atoms with Crippen LogP contribution in [0.2, 0.25) is 0 Å². The molecule has 3 heteroatoms. The van der Waals surface area contributed by atoms with Crippen molar-refractivity contribution in [3.8, 4) is 5.75 Å². The molecule has 1 N–H and O–H groups in total. The van der Waals surface area contributed by atoms with E-state index in [1.54, 1.807) is 12.1 Å². The molecule has 0 aliphatic rings. The Balaban J connectivity index is 0.000000845. The fourth-order valence-electron chi connectivity index (χ4n) is 1.27. The SMILES string of the molecule is Cc1ccc2cccc([O-])c2[nH+]1.[Li-]. The van der Waals surface area contributed by atoms with Gasteiger partial charge < -0.3 is 24.0 Å². The Morgan fingerprint density at radius 1 is 1.15 bits per heavy atom. The van der Waals surface area contributed by atoms with Crippen LogP contribution in [0.4, 0.5) is 0 Å².